The second-order valence-electron chi connectivity index (χ2n) is 5.89. The molecule has 0 radical (unpaired) electrons. The van der Waals surface area contributed by atoms with E-state index < -0.39 is 16.1 Å². The van der Waals surface area contributed by atoms with Crippen LogP contribution in [0.1, 0.15) is 12.5 Å². The first-order valence-corrected chi connectivity index (χ1v) is 9.96. The fourth-order valence-electron chi connectivity index (χ4n) is 2.23. The second-order valence-corrected chi connectivity index (χ2v) is 8.29. The first-order chi connectivity index (χ1) is 12.1. The van der Waals surface area contributed by atoms with E-state index in [2.05, 4.69) is 5.32 Å². The Hall–Kier alpha value is -1.64. The number of hydrogen-bond acceptors (Lipinski definition) is 4. The summed E-state index contributed by atoms with van der Waals surface area (Å²) in [4.78, 5) is 14.2. The van der Waals surface area contributed by atoms with E-state index in [-0.39, 0.29) is 10.8 Å². The molecule has 0 fully saturated rings. The molecule has 0 aliphatic carbocycles. The zero-order valence-electron chi connectivity index (χ0n) is 14.2. The predicted molar refractivity (Wildman–Crippen MR) is 104 cm³/mol. The van der Waals surface area contributed by atoms with Crippen LogP contribution in [0.25, 0.3) is 0 Å². The quantitative estimate of drug-likeness (QED) is 0.757. The highest BCUT2D eigenvalue weighted by Crippen LogP contribution is 2.22. The van der Waals surface area contributed by atoms with Gasteiger partial charge in [0.1, 0.15) is 0 Å². The number of rotatable bonds is 6. The normalized spacial score (nSPS) is 12.8. The van der Waals surface area contributed by atoms with E-state index in [0.717, 1.165) is 5.56 Å². The molecule has 26 heavy (non-hydrogen) atoms. The van der Waals surface area contributed by atoms with Crippen molar-refractivity contribution in [1.29, 1.82) is 0 Å². The summed E-state index contributed by atoms with van der Waals surface area (Å²) >= 11 is 12.1. The maximum Gasteiger partial charge on any atom is 0.241 e. The van der Waals surface area contributed by atoms with E-state index in [1.54, 1.807) is 26.1 Å². The molecule has 9 heteroatoms. The number of anilines is 1. The van der Waals surface area contributed by atoms with Crippen LogP contribution in [-0.4, -0.2) is 32.3 Å². The van der Waals surface area contributed by atoms with Gasteiger partial charge in [-0.2, -0.15) is 0 Å². The van der Waals surface area contributed by atoms with Crippen molar-refractivity contribution in [3.05, 3.63) is 58.1 Å². The predicted octanol–water partition coefficient (Wildman–Crippen LogP) is 3.10. The maximum atomic E-state index is 12.4. The van der Waals surface area contributed by atoms with Crippen LogP contribution >= 0.6 is 23.2 Å². The zero-order chi connectivity index (χ0) is 19.5. The lowest BCUT2D eigenvalue weighted by Gasteiger charge is -2.24. The van der Waals surface area contributed by atoms with Gasteiger partial charge in [-0.05, 0) is 55.9 Å². The highest BCUT2D eigenvalue weighted by molar-refractivity contribution is 7.89. The molecule has 2 rings (SSSR count). The van der Waals surface area contributed by atoms with Crippen molar-refractivity contribution < 1.29 is 13.2 Å². The van der Waals surface area contributed by atoms with Crippen molar-refractivity contribution in [1.82, 2.24) is 4.90 Å². The largest absolute Gasteiger partial charge is 0.325 e. The van der Waals surface area contributed by atoms with Crippen LogP contribution in [0.15, 0.2) is 47.4 Å². The molecule has 0 spiro atoms. The Morgan fingerprint density at radius 1 is 1.19 bits per heavy atom. The molecule has 0 aliphatic heterocycles. The summed E-state index contributed by atoms with van der Waals surface area (Å²) in [5.74, 6) is -0.235. The minimum Gasteiger partial charge on any atom is -0.325 e. The van der Waals surface area contributed by atoms with E-state index in [0.29, 0.717) is 22.3 Å². The molecule has 1 atom stereocenters. The Kier molecular flexibility index (Phi) is 6.65. The lowest BCUT2D eigenvalue weighted by atomic mass is 10.2. The molecule has 0 saturated carbocycles. The summed E-state index contributed by atoms with van der Waals surface area (Å²) in [5.41, 5.74) is 1.34. The highest BCUT2D eigenvalue weighted by atomic mass is 35.5. The van der Waals surface area contributed by atoms with Gasteiger partial charge in [-0.15, -0.1) is 0 Å². The van der Waals surface area contributed by atoms with Crippen LogP contribution in [0.5, 0.6) is 0 Å². The number of benzene rings is 2. The van der Waals surface area contributed by atoms with E-state index in [1.807, 2.05) is 11.0 Å². The summed E-state index contributed by atoms with van der Waals surface area (Å²) in [6.45, 7) is 2.23. The Morgan fingerprint density at radius 2 is 1.81 bits per heavy atom. The first kappa shape index (κ1) is 20.7. The van der Waals surface area contributed by atoms with Crippen LogP contribution in [0, 0.1) is 0 Å². The Labute approximate surface area is 162 Å². The van der Waals surface area contributed by atoms with Gasteiger partial charge in [0, 0.05) is 22.3 Å². The molecule has 0 unspecified atom stereocenters. The zero-order valence-corrected chi connectivity index (χ0v) is 16.6. The smallest absolute Gasteiger partial charge is 0.241 e. The van der Waals surface area contributed by atoms with Crippen LogP contribution < -0.4 is 10.5 Å². The summed E-state index contributed by atoms with van der Waals surface area (Å²) in [6.07, 6.45) is 0. The van der Waals surface area contributed by atoms with Gasteiger partial charge in [-0.25, -0.2) is 13.6 Å². The number of hydrogen-bond donors (Lipinski definition) is 2. The SMILES string of the molecule is C[C@H](C(=O)Nc1ccc(S(N)(=O)=O)cc1)N(C)Cc1ccc(Cl)cc1Cl. The number of sulfonamides is 1. The third kappa shape index (κ3) is 5.43. The maximum absolute atomic E-state index is 12.4. The summed E-state index contributed by atoms with van der Waals surface area (Å²) in [6, 6.07) is 10.4. The van der Waals surface area contributed by atoms with Gasteiger partial charge in [-0.3, -0.25) is 9.69 Å². The summed E-state index contributed by atoms with van der Waals surface area (Å²) in [7, 11) is -1.96. The molecule has 0 bridgehead atoms. The molecule has 2 aromatic carbocycles. The Bertz CT molecular complexity index is 902. The van der Waals surface area contributed by atoms with E-state index in [1.165, 1.54) is 24.3 Å². The van der Waals surface area contributed by atoms with E-state index >= 15 is 0 Å². The van der Waals surface area contributed by atoms with Crippen molar-refractivity contribution >= 4 is 44.8 Å². The minimum atomic E-state index is -3.76. The molecule has 6 nitrogen and oxygen atoms in total. The van der Waals surface area contributed by atoms with E-state index in [9.17, 15) is 13.2 Å². The average Bonchev–Trinajstić information content (AvgIpc) is 2.56. The molecule has 0 aliphatic rings. The average molecular weight is 416 g/mol. The Morgan fingerprint density at radius 3 is 2.35 bits per heavy atom. The number of carbonyl (C=O) groups excluding carboxylic acids is 1. The lowest BCUT2D eigenvalue weighted by molar-refractivity contribution is -0.120. The monoisotopic (exact) mass is 415 g/mol. The lowest BCUT2D eigenvalue weighted by Crippen LogP contribution is -2.39. The minimum absolute atomic E-state index is 0.0157. The first-order valence-electron chi connectivity index (χ1n) is 7.66. The number of nitrogens with one attached hydrogen (secondary N) is 1. The van der Waals surface area contributed by atoms with Crippen molar-refractivity contribution in [2.24, 2.45) is 5.14 Å². The number of halogens is 2. The Balaban J connectivity index is 2.02. The highest BCUT2D eigenvalue weighted by Gasteiger charge is 2.19. The molecule has 0 heterocycles. The van der Waals surface area contributed by atoms with Gasteiger partial charge in [0.15, 0.2) is 0 Å². The fraction of sp³-hybridized carbons (Fsp3) is 0.235. The summed E-state index contributed by atoms with van der Waals surface area (Å²) < 4.78 is 22.5. The van der Waals surface area contributed by atoms with Gasteiger partial charge < -0.3 is 5.32 Å². The van der Waals surface area contributed by atoms with Crippen LogP contribution in [0.4, 0.5) is 5.69 Å². The van der Waals surface area contributed by atoms with Crippen LogP contribution in [-0.2, 0) is 21.4 Å². The third-order valence-corrected chi connectivity index (χ3v) is 5.44. The van der Waals surface area contributed by atoms with Gasteiger partial charge in [0.25, 0.3) is 0 Å². The van der Waals surface area contributed by atoms with Crippen molar-refractivity contribution in [3.8, 4) is 0 Å². The van der Waals surface area contributed by atoms with Gasteiger partial charge in [0.05, 0.1) is 10.9 Å². The number of nitrogens with two attached hydrogens (primary N) is 1. The van der Waals surface area contributed by atoms with E-state index in [4.69, 9.17) is 28.3 Å². The van der Waals surface area contributed by atoms with Crippen LogP contribution in [0.2, 0.25) is 10.0 Å². The van der Waals surface area contributed by atoms with Gasteiger partial charge in [0.2, 0.25) is 15.9 Å². The number of likely N-dealkylation sites (N-methyl/N-ethyl adjacent to an activating group) is 1. The molecular weight excluding hydrogens is 397 g/mol. The molecular formula is C17H19Cl2N3O3S. The van der Waals surface area contributed by atoms with Crippen molar-refractivity contribution in [2.45, 2.75) is 24.4 Å². The van der Waals surface area contributed by atoms with Gasteiger partial charge >= 0.3 is 0 Å². The van der Waals surface area contributed by atoms with Crippen molar-refractivity contribution in [3.63, 3.8) is 0 Å². The molecule has 3 N–H and O–H groups in total. The molecule has 2 aromatic rings. The standard InChI is InChI=1S/C17H19Cl2N3O3S/c1-11(22(2)10-12-3-4-13(18)9-16(12)19)17(23)21-14-5-7-15(8-6-14)26(20,24)25/h3-9,11H,10H2,1-2H3,(H,21,23)(H2,20,24,25)/t11-/m1/s1. The number of carbonyl (C=O) groups is 1. The summed E-state index contributed by atoms with van der Waals surface area (Å²) in [5, 5.41) is 8.88. The number of amides is 1. The van der Waals surface area contributed by atoms with Crippen molar-refractivity contribution in [2.75, 3.05) is 12.4 Å². The van der Waals surface area contributed by atoms with Crippen LogP contribution in [0.3, 0.4) is 0 Å². The molecule has 1 amide bonds. The fourth-order valence-corrected chi connectivity index (χ4v) is 3.21. The second kappa shape index (κ2) is 8.37. The number of primary sulfonamides is 1. The van der Waals surface area contributed by atoms with Gasteiger partial charge in [-0.1, -0.05) is 29.3 Å². The number of nitrogens with zero attached hydrogens (tertiary/aromatic N) is 1. The third-order valence-electron chi connectivity index (χ3n) is 3.93. The topological polar surface area (TPSA) is 92.5 Å². The molecule has 140 valence electrons. The molecule has 0 aromatic heterocycles. The molecule has 0 saturated heterocycles.